The first-order chi connectivity index (χ1) is 19.1. The fourth-order valence-electron chi connectivity index (χ4n) is 4.50. The zero-order chi connectivity index (χ0) is 26.9. The van der Waals surface area contributed by atoms with Crippen LogP contribution in [0.15, 0.2) is 49.1 Å². The van der Waals surface area contributed by atoms with Crippen molar-refractivity contribution in [2.45, 2.75) is 0 Å². The first-order valence-electron chi connectivity index (χ1n) is 12.2. The standard InChI is InChI=1S/C26H24FN9O3/c1-28-23-18-12-30-20(32-25-22(27)16(5-6-29-25)26(37)38-2)11-17(18)19(13-31-23)24-33-21-4-3-15(14-36(21)34-24)35-7-9-39-10-8-35/h3-6,11-14H,7-10H2,1-2H3,(H,28,31)(H,29,30,32). The molecule has 13 heteroatoms. The minimum absolute atomic E-state index is 0.157. The van der Waals surface area contributed by atoms with E-state index in [1.165, 1.54) is 19.4 Å². The first kappa shape index (κ1) is 24.4. The molecule has 39 heavy (non-hydrogen) atoms. The summed E-state index contributed by atoms with van der Waals surface area (Å²) in [7, 11) is 2.95. The van der Waals surface area contributed by atoms with Crippen LogP contribution in [0.5, 0.6) is 0 Å². The predicted octanol–water partition coefficient (Wildman–Crippen LogP) is 3.28. The first-order valence-corrected chi connectivity index (χ1v) is 12.2. The molecule has 0 aromatic carbocycles. The average Bonchev–Trinajstić information content (AvgIpc) is 3.41. The van der Waals surface area contributed by atoms with Crippen LogP contribution < -0.4 is 15.5 Å². The number of hydrogen-bond donors (Lipinski definition) is 2. The van der Waals surface area contributed by atoms with Gasteiger partial charge >= 0.3 is 5.97 Å². The van der Waals surface area contributed by atoms with Crippen molar-refractivity contribution in [1.29, 1.82) is 0 Å². The molecule has 1 aliphatic heterocycles. The molecule has 5 aromatic heterocycles. The number of rotatable bonds is 6. The third-order valence-electron chi connectivity index (χ3n) is 6.48. The Bertz CT molecular complexity index is 1700. The van der Waals surface area contributed by atoms with Crippen molar-refractivity contribution in [1.82, 2.24) is 29.5 Å². The highest BCUT2D eigenvalue weighted by Crippen LogP contribution is 2.32. The third kappa shape index (κ3) is 4.52. The zero-order valence-electron chi connectivity index (χ0n) is 21.2. The van der Waals surface area contributed by atoms with Gasteiger partial charge in [-0.1, -0.05) is 0 Å². The van der Waals surface area contributed by atoms with Gasteiger partial charge in [0.2, 0.25) is 0 Å². The summed E-state index contributed by atoms with van der Waals surface area (Å²) in [4.78, 5) is 31.8. The van der Waals surface area contributed by atoms with E-state index in [0.29, 0.717) is 41.9 Å². The summed E-state index contributed by atoms with van der Waals surface area (Å²) in [5.41, 5.74) is 2.16. The molecule has 5 aromatic rings. The van der Waals surface area contributed by atoms with E-state index in [9.17, 15) is 9.18 Å². The molecule has 0 spiro atoms. The van der Waals surface area contributed by atoms with Crippen LogP contribution in [-0.4, -0.2) is 76.0 Å². The molecule has 2 N–H and O–H groups in total. The molecule has 0 aliphatic carbocycles. The van der Waals surface area contributed by atoms with E-state index >= 15 is 0 Å². The van der Waals surface area contributed by atoms with Crippen molar-refractivity contribution < 1.29 is 18.7 Å². The zero-order valence-corrected chi connectivity index (χ0v) is 21.2. The van der Waals surface area contributed by atoms with E-state index in [1.807, 2.05) is 18.3 Å². The van der Waals surface area contributed by atoms with Crippen molar-refractivity contribution in [3.8, 4) is 11.4 Å². The van der Waals surface area contributed by atoms with Gasteiger partial charge in [0, 0.05) is 55.1 Å². The third-order valence-corrected chi connectivity index (χ3v) is 6.48. The SMILES string of the molecule is CNc1ncc(-c2nc3ccc(N4CCOCC4)cn3n2)c2cc(Nc3nccc(C(=O)OC)c3F)ncc12. The molecule has 198 valence electrons. The smallest absolute Gasteiger partial charge is 0.341 e. The number of aromatic nitrogens is 6. The summed E-state index contributed by atoms with van der Waals surface area (Å²) >= 11 is 0. The Morgan fingerprint density at radius 1 is 1.08 bits per heavy atom. The Morgan fingerprint density at radius 2 is 1.92 bits per heavy atom. The van der Waals surface area contributed by atoms with Gasteiger partial charge in [-0.05, 0) is 24.3 Å². The molecule has 0 amide bonds. The molecule has 0 radical (unpaired) electrons. The number of methoxy groups -OCH3 is 1. The lowest BCUT2D eigenvalue weighted by Gasteiger charge is -2.28. The summed E-state index contributed by atoms with van der Waals surface area (Å²) in [6.07, 6.45) is 6.58. The van der Waals surface area contributed by atoms with Crippen LogP contribution in [0.4, 0.5) is 27.5 Å². The van der Waals surface area contributed by atoms with Crippen LogP contribution in [-0.2, 0) is 9.47 Å². The minimum atomic E-state index is -0.838. The summed E-state index contributed by atoms with van der Waals surface area (Å²) < 4.78 is 26.8. The number of nitrogens with one attached hydrogen (secondary N) is 2. The summed E-state index contributed by atoms with van der Waals surface area (Å²) in [5.74, 6) is -0.396. The fourth-order valence-corrected chi connectivity index (χ4v) is 4.50. The maximum atomic E-state index is 15.0. The molecule has 12 nitrogen and oxygen atoms in total. The number of esters is 1. The van der Waals surface area contributed by atoms with Crippen molar-refractivity contribution >= 4 is 45.5 Å². The van der Waals surface area contributed by atoms with E-state index in [1.54, 1.807) is 30.0 Å². The Kier molecular flexibility index (Phi) is 6.32. The molecule has 6 rings (SSSR count). The lowest BCUT2D eigenvalue weighted by Crippen LogP contribution is -2.36. The van der Waals surface area contributed by atoms with Gasteiger partial charge in [-0.2, -0.15) is 0 Å². The Balaban J connectivity index is 1.41. The maximum absolute atomic E-state index is 15.0. The fraction of sp³-hybridized carbons (Fsp3) is 0.231. The van der Waals surface area contributed by atoms with Crippen molar-refractivity contribution in [2.24, 2.45) is 0 Å². The van der Waals surface area contributed by atoms with Gasteiger partial charge in [-0.15, -0.1) is 5.10 Å². The van der Waals surface area contributed by atoms with Gasteiger partial charge in [0.05, 0.1) is 32.2 Å². The molecule has 1 aliphatic rings. The molecule has 1 saturated heterocycles. The Hall–Kier alpha value is -4.91. The lowest BCUT2D eigenvalue weighted by atomic mass is 10.1. The molecule has 0 saturated carbocycles. The van der Waals surface area contributed by atoms with Crippen LogP contribution in [0.25, 0.3) is 27.8 Å². The number of carbonyl (C=O) groups is 1. The number of anilines is 4. The van der Waals surface area contributed by atoms with Crippen molar-refractivity contribution in [3.63, 3.8) is 0 Å². The number of halogens is 1. The molecule has 0 atom stereocenters. The van der Waals surface area contributed by atoms with Gasteiger partial charge in [0.15, 0.2) is 23.1 Å². The van der Waals surface area contributed by atoms with Crippen LogP contribution in [0.1, 0.15) is 10.4 Å². The lowest BCUT2D eigenvalue weighted by molar-refractivity contribution is 0.0595. The van der Waals surface area contributed by atoms with Crippen molar-refractivity contribution in [2.75, 3.05) is 56.0 Å². The topological polar surface area (TPSA) is 132 Å². The Labute approximate surface area is 221 Å². The van der Waals surface area contributed by atoms with E-state index in [2.05, 4.69) is 35.2 Å². The number of morpholine rings is 1. The maximum Gasteiger partial charge on any atom is 0.341 e. The highest BCUT2D eigenvalue weighted by molar-refractivity contribution is 6.01. The van der Waals surface area contributed by atoms with Crippen LogP contribution in [0, 0.1) is 5.82 Å². The molecule has 0 bridgehead atoms. The highest BCUT2D eigenvalue weighted by Gasteiger charge is 2.19. The number of fused-ring (bicyclic) bond motifs is 2. The van der Waals surface area contributed by atoms with Crippen LogP contribution >= 0.6 is 0 Å². The Morgan fingerprint density at radius 3 is 2.72 bits per heavy atom. The average molecular weight is 530 g/mol. The van der Waals surface area contributed by atoms with Gasteiger partial charge in [-0.25, -0.2) is 33.6 Å². The van der Waals surface area contributed by atoms with E-state index in [0.717, 1.165) is 29.5 Å². The van der Waals surface area contributed by atoms with Crippen LogP contribution in [0.3, 0.4) is 0 Å². The molecule has 0 unspecified atom stereocenters. The second-order valence-electron chi connectivity index (χ2n) is 8.75. The van der Waals surface area contributed by atoms with Crippen molar-refractivity contribution in [3.05, 3.63) is 60.4 Å². The number of carbonyl (C=O) groups excluding carboxylic acids is 1. The number of nitrogens with zero attached hydrogens (tertiary/aromatic N) is 7. The molecular formula is C26H24FN9O3. The summed E-state index contributed by atoms with van der Waals surface area (Å²) in [6.45, 7) is 3.00. The number of ether oxygens (including phenoxy) is 2. The van der Waals surface area contributed by atoms with Gasteiger partial charge in [0.1, 0.15) is 17.2 Å². The highest BCUT2D eigenvalue weighted by atomic mass is 19.1. The van der Waals surface area contributed by atoms with Gasteiger partial charge in [0.25, 0.3) is 0 Å². The second-order valence-corrected chi connectivity index (χ2v) is 8.75. The second kappa shape index (κ2) is 10.1. The monoisotopic (exact) mass is 529 g/mol. The van der Waals surface area contributed by atoms with Gasteiger partial charge < -0.3 is 25.0 Å². The van der Waals surface area contributed by atoms with E-state index < -0.39 is 11.8 Å². The van der Waals surface area contributed by atoms with E-state index in [-0.39, 0.29) is 11.4 Å². The van der Waals surface area contributed by atoms with Gasteiger partial charge in [-0.3, -0.25) is 0 Å². The molecule has 6 heterocycles. The predicted molar refractivity (Wildman–Crippen MR) is 143 cm³/mol. The molecular weight excluding hydrogens is 505 g/mol. The normalized spacial score (nSPS) is 13.6. The molecule has 1 fully saturated rings. The number of hydrogen-bond acceptors (Lipinski definition) is 11. The summed E-state index contributed by atoms with van der Waals surface area (Å²) in [5, 5.41) is 12.1. The van der Waals surface area contributed by atoms with Crippen LogP contribution in [0.2, 0.25) is 0 Å². The van der Waals surface area contributed by atoms with E-state index in [4.69, 9.17) is 14.8 Å². The number of pyridine rings is 4. The quantitative estimate of drug-likeness (QED) is 0.314. The minimum Gasteiger partial charge on any atom is -0.465 e. The summed E-state index contributed by atoms with van der Waals surface area (Å²) in [6, 6.07) is 6.94. The largest absolute Gasteiger partial charge is 0.465 e.